The van der Waals surface area contributed by atoms with Crippen LogP contribution in [0.2, 0.25) is 0 Å². The third-order valence-electron chi connectivity index (χ3n) is 4.49. The van der Waals surface area contributed by atoms with Crippen LogP contribution in [0.4, 0.5) is 0 Å². The molecule has 1 aromatic carbocycles. The highest BCUT2D eigenvalue weighted by atomic mass is 79.9. The molecular formula is C20H21BrN2O5S. The van der Waals surface area contributed by atoms with Crippen LogP contribution in [0.5, 0.6) is 0 Å². The van der Waals surface area contributed by atoms with E-state index in [9.17, 15) is 19.5 Å². The van der Waals surface area contributed by atoms with Crippen LogP contribution in [0.1, 0.15) is 31.1 Å². The first-order valence-electron chi connectivity index (χ1n) is 9.05. The Kier molecular flexibility index (Phi) is 6.40. The smallest absolute Gasteiger partial charge is 0.332 e. The molecular weight excluding hydrogens is 460 g/mol. The molecule has 0 spiro atoms. The average Bonchev–Trinajstić information content (AvgIpc) is 2.96. The molecule has 0 bridgehead atoms. The Balaban J connectivity index is 2.24. The van der Waals surface area contributed by atoms with Gasteiger partial charge in [0.1, 0.15) is 17.5 Å². The van der Waals surface area contributed by atoms with Crippen molar-refractivity contribution in [1.82, 2.24) is 9.13 Å². The van der Waals surface area contributed by atoms with Gasteiger partial charge in [0.2, 0.25) is 0 Å². The number of benzene rings is 1. The standard InChI is InChI=1S/C20H21BrN2O5S/c1-11(2)28-14(13-7-5-4-6-8-13)9-23-19-16(12(3)17(21)29-19)18(26)22(20(23)27)10-15(24)25/h4-8,11,14H,9-10H2,1-3H3,(H,24,25)/t14-/m0/s1. The van der Waals surface area contributed by atoms with Crippen molar-refractivity contribution in [1.29, 1.82) is 0 Å². The normalized spacial score (nSPS) is 12.6. The number of aromatic nitrogens is 2. The van der Waals surface area contributed by atoms with E-state index in [-0.39, 0.29) is 12.6 Å². The van der Waals surface area contributed by atoms with Gasteiger partial charge in [0.15, 0.2) is 0 Å². The van der Waals surface area contributed by atoms with Crippen molar-refractivity contribution >= 4 is 43.5 Å². The molecule has 0 unspecified atom stereocenters. The number of aryl methyl sites for hydroxylation is 1. The number of thiophene rings is 1. The molecule has 0 saturated carbocycles. The number of rotatable bonds is 7. The van der Waals surface area contributed by atoms with Crippen molar-refractivity contribution in [2.24, 2.45) is 0 Å². The average molecular weight is 481 g/mol. The zero-order valence-electron chi connectivity index (χ0n) is 16.2. The number of nitrogens with zero attached hydrogens (tertiary/aromatic N) is 2. The number of halogens is 1. The monoisotopic (exact) mass is 480 g/mol. The largest absolute Gasteiger partial charge is 0.480 e. The minimum atomic E-state index is -1.25. The van der Waals surface area contributed by atoms with Gasteiger partial charge in [-0.15, -0.1) is 11.3 Å². The van der Waals surface area contributed by atoms with Gasteiger partial charge in [-0.05, 0) is 47.8 Å². The Labute approximate surface area is 179 Å². The van der Waals surface area contributed by atoms with Gasteiger partial charge < -0.3 is 9.84 Å². The molecule has 0 aliphatic heterocycles. The van der Waals surface area contributed by atoms with Gasteiger partial charge in [0.05, 0.1) is 21.8 Å². The summed E-state index contributed by atoms with van der Waals surface area (Å²) in [5, 5.41) is 9.54. The number of carboxylic acids is 1. The Bertz CT molecular complexity index is 1160. The number of carboxylic acid groups (broad SMARTS) is 1. The first-order chi connectivity index (χ1) is 13.7. The summed E-state index contributed by atoms with van der Waals surface area (Å²) in [6.07, 6.45) is -0.526. The molecule has 3 aromatic rings. The van der Waals surface area contributed by atoms with Crippen molar-refractivity contribution < 1.29 is 14.6 Å². The van der Waals surface area contributed by atoms with Crippen molar-refractivity contribution in [3.63, 3.8) is 0 Å². The van der Waals surface area contributed by atoms with E-state index in [1.54, 1.807) is 6.92 Å². The maximum Gasteiger partial charge on any atom is 0.332 e. The fourth-order valence-corrected chi connectivity index (χ4v) is 4.88. The third kappa shape index (κ3) is 4.36. The lowest BCUT2D eigenvalue weighted by Gasteiger charge is -2.22. The Hall–Kier alpha value is -2.23. The third-order valence-corrected chi connectivity index (χ3v) is 6.67. The van der Waals surface area contributed by atoms with Crippen LogP contribution in [0.15, 0.2) is 43.7 Å². The van der Waals surface area contributed by atoms with Crippen LogP contribution in [-0.2, 0) is 22.6 Å². The van der Waals surface area contributed by atoms with E-state index in [1.807, 2.05) is 44.2 Å². The molecule has 0 saturated heterocycles. The molecule has 3 rings (SSSR count). The lowest BCUT2D eigenvalue weighted by molar-refractivity contribution is -0.137. The zero-order chi connectivity index (χ0) is 21.3. The number of hydrogen-bond acceptors (Lipinski definition) is 5. The number of aliphatic carboxylic acids is 1. The van der Waals surface area contributed by atoms with Crippen molar-refractivity contribution in [2.75, 3.05) is 0 Å². The summed E-state index contributed by atoms with van der Waals surface area (Å²) in [6.45, 7) is 5.05. The molecule has 154 valence electrons. The molecule has 0 aliphatic carbocycles. The molecule has 0 radical (unpaired) electrons. The summed E-state index contributed by atoms with van der Waals surface area (Å²) in [5.74, 6) is -1.25. The van der Waals surface area contributed by atoms with E-state index in [2.05, 4.69) is 15.9 Å². The predicted octanol–water partition coefficient (Wildman–Crippen LogP) is 3.55. The van der Waals surface area contributed by atoms with Gasteiger partial charge in [0.25, 0.3) is 5.56 Å². The van der Waals surface area contributed by atoms with Gasteiger partial charge in [-0.1, -0.05) is 30.3 Å². The predicted molar refractivity (Wildman–Crippen MR) is 116 cm³/mol. The van der Waals surface area contributed by atoms with Crippen LogP contribution >= 0.6 is 27.3 Å². The highest BCUT2D eigenvalue weighted by Gasteiger charge is 2.23. The summed E-state index contributed by atoms with van der Waals surface area (Å²) in [5.41, 5.74) is 0.324. The molecule has 0 amide bonds. The number of fused-ring (bicyclic) bond motifs is 1. The van der Waals surface area contributed by atoms with Crippen LogP contribution in [0.25, 0.3) is 10.2 Å². The van der Waals surface area contributed by atoms with E-state index < -0.39 is 29.9 Å². The second-order valence-electron chi connectivity index (χ2n) is 6.94. The number of hydrogen-bond donors (Lipinski definition) is 1. The second-order valence-corrected chi connectivity index (χ2v) is 9.26. The fraction of sp³-hybridized carbons (Fsp3) is 0.350. The maximum atomic E-state index is 13.1. The van der Waals surface area contributed by atoms with Crippen LogP contribution < -0.4 is 11.2 Å². The number of ether oxygens (including phenoxy) is 1. The molecule has 2 aromatic heterocycles. The van der Waals surface area contributed by atoms with Gasteiger partial charge in [-0.2, -0.15) is 0 Å². The maximum absolute atomic E-state index is 13.1. The Morgan fingerprint density at radius 1 is 1.21 bits per heavy atom. The molecule has 29 heavy (non-hydrogen) atoms. The van der Waals surface area contributed by atoms with Gasteiger partial charge >= 0.3 is 11.7 Å². The van der Waals surface area contributed by atoms with Gasteiger partial charge in [-0.3, -0.25) is 14.2 Å². The summed E-state index contributed by atoms with van der Waals surface area (Å²) < 4.78 is 9.01. The summed E-state index contributed by atoms with van der Waals surface area (Å²) in [7, 11) is 0. The SMILES string of the molecule is Cc1c(Br)sc2c1c(=O)n(CC(=O)O)c(=O)n2C[C@H](OC(C)C)c1ccccc1. The minimum absolute atomic E-state index is 0.0897. The van der Waals surface area contributed by atoms with Crippen LogP contribution in [-0.4, -0.2) is 26.3 Å². The van der Waals surface area contributed by atoms with Crippen LogP contribution in [0.3, 0.4) is 0 Å². The molecule has 1 N–H and O–H groups in total. The van der Waals surface area contributed by atoms with E-state index in [1.165, 1.54) is 15.9 Å². The number of carbonyl (C=O) groups is 1. The van der Waals surface area contributed by atoms with Crippen LogP contribution in [0, 0.1) is 6.92 Å². The molecule has 7 nitrogen and oxygen atoms in total. The molecule has 1 atom stereocenters. The van der Waals surface area contributed by atoms with Gasteiger partial charge in [-0.25, -0.2) is 9.36 Å². The fourth-order valence-electron chi connectivity index (χ4n) is 3.19. The van der Waals surface area contributed by atoms with E-state index in [0.717, 1.165) is 13.9 Å². The lowest BCUT2D eigenvalue weighted by Crippen LogP contribution is -2.42. The van der Waals surface area contributed by atoms with Crippen molar-refractivity contribution in [2.45, 2.75) is 46.1 Å². The van der Waals surface area contributed by atoms with Gasteiger partial charge in [0, 0.05) is 0 Å². The highest BCUT2D eigenvalue weighted by Crippen LogP contribution is 2.33. The summed E-state index contributed by atoms with van der Waals surface area (Å²) >= 11 is 4.72. The topological polar surface area (TPSA) is 90.5 Å². The highest BCUT2D eigenvalue weighted by molar-refractivity contribution is 9.11. The minimum Gasteiger partial charge on any atom is -0.480 e. The zero-order valence-corrected chi connectivity index (χ0v) is 18.6. The first-order valence-corrected chi connectivity index (χ1v) is 10.7. The van der Waals surface area contributed by atoms with Crippen molar-refractivity contribution in [3.8, 4) is 0 Å². The summed E-state index contributed by atoms with van der Waals surface area (Å²) in [4.78, 5) is 37.7. The first kappa shape index (κ1) is 21.5. The molecule has 0 fully saturated rings. The summed E-state index contributed by atoms with van der Waals surface area (Å²) in [6, 6.07) is 9.51. The molecule has 0 aliphatic rings. The lowest BCUT2D eigenvalue weighted by atomic mass is 10.1. The molecule has 9 heteroatoms. The van der Waals surface area contributed by atoms with E-state index in [4.69, 9.17) is 4.74 Å². The van der Waals surface area contributed by atoms with Crippen molar-refractivity contribution in [3.05, 3.63) is 66.1 Å². The van der Waals surface area contributed by atoms with E-state index in [0.29, 0.717) is 15.8 Å². The Morgan fingerprint density at radius 2 is 1.86 bits per heavy atom. The molecule has 2 heterocycles. The quantitative estimate of drug-likeness (QED) is 0.558. The second kappa shape index (κ2) is 8.64. The Morgan fingerprint density at radius 3 is 2.45 bits per heavy atom. The van der Waals surface area contributed by atoms with E-state index >= 15 is 0 Å².